The predicted octanol–water partition coefficient (Wildman–Crippen LogP) is 19.8. The molecule has 12 atom stereocenters. The van der Waals surface area contributed by atoms with Crippen molar-refractivity contribution in [2.45, 2.75) is 421 Å². The van der Waals surface area contributed by atoms with Gasteiger partial charge in [0.2, 0.25) is 5.91 Å². The van der Waals surface area contributed by atoms with Crippen molar-refractivity contribution in [3.8, 4) is 0 Å². The molecule has 1 amide bonds. The normalized spacial score (nSPS) is 22.2. The van der Waals surface area contributed by atoms with Crippen LogP contribution in [0.4, 0.5) is 0 Å². The molecular formula is C88H155NO13. The van der Waals surface area contributed by atoms with E-state index in [-0.39, 0.29) is 18.9 Å². The second-order valence-electron chi connectivity index (χ2n) is 29.2. The summed E-state index contributed by atoms with van der Waals surface area (Å²) in [6, 6.07) is -0.925. The molecule has 14 nitrogen and oxygen atoms in total. The number of ether oxygens (including phenoxy) is 4. The van der Waals surface area contributed by atoms with Crippen LogP contribution in [0, 0.1) is 0 Å². The summed E-state index contributed by atoms with van der Waals surface area (Å²) >= 11 is 0. The highest BCUT2D eigenvalue weighted by atomic mass is 16.7. The standard InChI is InChI=1S/C88H155NO13/c1-3-5-7-9-11-13-15-17-19-21-23-25-27-29-31-33-35-36-37-38-39-40-42-44-46-48-50-52-54-56-58-60-62-64-66-68-70-72-80(93)89-76(75-99-87-85(98)83(96)86(79(74-91)101-87)102-88-84(97)82(95)81(94)78(73-90)100-88)77(92)71-69-67-65-63-61-59-57-55-53-51-49-47-45-43-41-34-32-30-28-26-24-22-20-18-16-14-12-10-8-6-4-2/h5,7,11,13,17,19,23,25,29,31,35-36,38-39,42,44,69,71,76-79,81-88,90-92,94-98H,3-4,6,8-10,12,14-16,18,20-22,24,26-28,30,32-34,37,40-41,43,45-68,70,72-75H2,1-2H3,(H,89,93)/b7-5-,13-11-,19-17-,25-23-,31-29-,36-35-,39-38-,44-42-,71-69+. The van der Waals surface area contributed by atoms with Gasteiger partial charge in [0.15, 0.2) is 12.6 Å². The fourth-order valence-corrected chi connectivity index (χ4v) is 13.4. The first-order valence-electron chi connectivity index (χ1n) is 42.1. The van der Waals surface area contributed by atoms with E-state index in [2.05, 4.69) is 116 Å². The average Bonchev–Trinajstić information content (AvgIpc) is 0.790. The van der Waals surface area contributed by atoms with Gasteiger partial charge in [0.1, 0.15) is 48.8 Å². The third kappa shape index (κ3) is 52.6. The highest BCUT2D eigenvalue weighted by Gasteiger charge is 2.51. The lowest BCUT2D eigenvalue weighted by molar-refractivity contribution is -0.359. The largest absolute Gasteiger partial charge is 0.394 e. The maximum Gasteiger partial charge on any atom is 0.220 e. The minimum atomic E-state index is -1.79. The van der Waals surface area contributed by atoms with Crippen molar-refractivity contribution in [2.24, 2.45) is 0 Å². The highest BCUT2D eigenvalue weighted by Crippen LogP contribution is 2.30. The number of nitrogens with one attached hydrogen (secondary N) is 1. The molecule has 12 unspecified atom stereocenters. The Hall–Kier alpha value is -3.35. The minimum absolute atomic E-state index is 0.241. The Balaban J connectivity index is 1.61. The van der Waals surface area contributed by atoms with Crippen LogP contribution in [0.2, 0.25) is 0 Å². The third-order valence-electron chi connectivity index (χ3n) is 20.0. The van der Waals surface area contributed by atoms with Crippen LogP contribution >= 0.6 is 0 Å². The summed E-state index contributed by atoms with van der Waals surface area (Å²) in [4.78, 5) is 13.4. The molecule has 590 valence electrons. The van der Waals surface area contributed by atoms with Crippen LogP contribution in [0.5, 0.6) is 0 Å². The van der Waals surface area contributed by atoms with Crippen LogP contribution in [0.25, 0.3) is 0 Å². The summed E-state index contributed by atoms with van der Waals surface area (Å²) in [6.07, 6.45) is 86.0. The third-order valence-corrected chi connectivity index (χ3v) is 20.0. The average molecular weight is 1440 g/mol. The molecule has 14 heteroatoms. The van der Waals surface area contributed by atoms with Gasteiger partial charge in [0.05, 0.1) is 32.0 Å². The van der Waals surface area contributed by atoms with E-state index >= 15 is 0 Å². The summed E-state index contributed by atoms with van der Waals surface area (Å²) in [5.74, 6) is -0.241. The number of amides is 1. The molecule has 0 aliphatic carbocycles. The molecule has 0 spiro atoms. The molecule has 9 N–H and O–H groups in total. The van der Waals surface area contributed by atoms with Gasteiger partial charge in [-0.25, -0.2) is 0 Å². The number of hydrogen-bond acceptors (Lipinski definition) is 13. The molecule has 2 rings (SSSR count). The first-order chi connectivity index (χ1) is 50.1. The van der Waals surface area contributed by atoms with E-state index in [0.29, 0.717) is 6.42 Å². The molecule has 0 aromatic heterocycles. The van der Waals surface area contributed by atoms with Crippen LogP contribution in [0.1, 0.15) is 348 Å². The quantitative estimate of drug-likeness (QED) is 0.0204. The number of carbonyl (C=O) groups is 1. The maximum atomic E-state index is 13.4. The summed E-state index contributed by atoms with van der Waals surface area (Å²) in [5, 5.41) is 87.8. The number of allylic oxidation sites excluding steroid dienone is 17. The number of carbonyl (C=O) groups excluding carboxylic acids is 1. The van der Waals surface area contributed by atoms with E-state index in [9.17, 15) is 45.6 Å². The van der Waals surface area contributed by atoms with Crippen LogP contribution in [0.15, 0.2) is 109 Å². The monoisotopic (exact) mass is 1430 g/mol. The lowest BCUT2D eigenvalue weighted by Crippen LogP contribution is -2.65. The molecule has 0 saturated carbocycles. The molecule has 0 aromatic rings. The van der Waals surface area contributed by atoms with Gasteiger partial charge in [-0.2, -0.15) is 0 Å². The predicted molar refractivity (Wildman–Crippen MR) is 424 cm³/mol. The first-order valence-corrected chi connectivity index (χ1v) is 42.1. The lowest BCUT2D eigenvalue weighted by Gasteiger charge is -2.46. The molecule has 0 bridgehead atoms. The summed E-state index contributed by atoms with van der Waals surface area (Å²) < 4.78 is 22.9. The Bertz CT molecular complexity index is 2140. The van der Waals surface area contributed by atoms with Crippen molar-refractivity contribution < 1.29 is 64.6 Å². The van der Waals surface area contributed by atoms with E-state index in [1.54, 1.807) is 6.08 Å². The zero-order valence-electron chi connectivity index (χ0n) is 64.8. The van der Waals surface area contributed by atoms with Gasteiger partial charge in [-0.3, -0.25) is 4.79 Å². The van der Waals surface area contributed by atoms with Gasteiger partial charge < -0.3 is 65.1 Å². The topological polar surface area (TPSA) is 228 Å². The lowest BCUT2D eigenvalue weighted by atomic mass is 9.97. The second kappa shape index (κ2) is 70.6. The van der Waals surface area contributed by atoms with Crippen LogP contribution in [0.3, 0.4) is 0 Å². The van der Waals surface area contributed by atoms with Gasteiger partial charge in [-0.15, -0.1) is 0 Å². The zero-order valence-corrected chi connectivity index (χ0v) is 64.8. The molecule has 102 heavy (non-hydrogen) atoms. The van der Waals surface area contributed by atoms with Crippen LogP contribution in [-0.4, -0.2) is 140 Å². The van der Waals surface area contributed by atoms with Gasteiger partial charge in [0.25, 0.3) is 0 Å². The molecule has 2 fully saturated rings. The van der Waals surface area contributed by atoms with E-state index in [1.165, 1.54) is 225 Å². The second-order valence-corrected chi connectivity index (χ2v) is 29.2. The number of rotatable bonds is 70. The summed E-state index contributed by atoms with van der Waals surface area (Å²) in [6.45, 7) is 2.73. The van der Waals surface area contributed by atoms with E-state index < -0.39 is 86.8 Å². The van der Waals surface area contributed by atoms with Crippen molar-refractivity contribution in [2.75, 3.05) is 19.8 Å². The molecule has 2 aliphatic rings. The fourth-order valence-electron chi connectivity index (χ4n) is 13.4. The van der Waals surface area contributed by atoms with Gasteiger partial charge in [-0.05, 0) is 83.5 Å². The van der Waals surface area contributed by atoms with E-state index in [1.807, 2.05) is 6.08 Å². The molecular weight excluding hydrogens is 1280 g/mol. The minimum Gasteiger partial charge on any atom is -0.394 e. The summed E-state index contributed by atoms with van der Waals surface area (Å²) in [5.41, 5.74) is 0. The SMILES string of the molecule is CC/C=C\C/C=C\C/C=C\C/C=C\C/C=C\C/C=C\C/C=C\C/C=C\CCCCCCCCCCCCCCC(=O)NC(COC1OC(CO)C(OC2OC(CO)C(O)C(O)C2O)C(O)C1O)C(O)/C=C/CCCCCCCCCCCCCCCCCCCCCCCCCCCCCCC. The molecule has 2 saturated heterocycles. The summed E-state index contributed by atoms with van der Waals surface area (Å²) in [7, 11) is 0. The highest BCUT2D eigenvalue weighted by molar-refractivity contribution is 5.76. The molecule has 2 aliphatic heterocycles. The number of hydrogen-bond donors (Lipinski definition) is 9. The molecule has 0 radical (unpaired) electrons. The molecule has 2 heterocycles. The fraction of sp³-hybridized carbons (Fsp3) is 0.784. The Morgan fingerprint density at radius 2 is 0.676 bits per heavy atom. The first kappa shape index (κ1) is 94.7. The number of aliphatic hydroxyl groups is 8. The van der Waals surface area contributed by atoms with Gasteiger partial charge in [0, 0.05) is 6.42 Å². The van der Waals surface area contributed by atoms with E-state index in [0.717, 1.165) is 96.3 Å². The van der Waals surface area contributed by atoms with Crippen molar-refractivity contribution in [3.63, 3.8) is 0 Å². The van der Waals surface area contributed by atoms with E-state index in [4.69, 9.17) is 18.9 Å². The smallest absolute Gasteiger partial charge is 0.220 e. The Labute approximate surface area is 623 Å². The number of aliphatic hydroxyl groups excluding tert-OH is 8. The molecule has 0 aromatic carbocycles. The Kier molecular flexibility index (Phi) is 65.6. The van der Waals surface area contributed by atoms with Crippen LogP contribution in [-0.2, 0) is 23.7 Å². The Morgan fingerprint density at radius 3 is 1.04 bits per heavy atom. The van der Waals surface area contributed by atoms with Crippen LogP contribution < -0.4 is 5.32 Å². The van der Waals surface area contributed by atoms with Crippen molar-refractivity contribution in [1.29, 1.82) is 0 Å². The van der Waals surface area contributed by atoms with Gasteiger partial charge in [-0.1, -0.05) is 367 Å². The van der Waals surface area contributed by atoms with Crippen molar-refractivity contribution >= 4 is 5.91 Å². The zero-order chi connectivity index (χ0) is 73.7. The van der Waals surface area contributed by atoms with Gasteiger partial charge >= 0.3 is 0 Å². The Morgan fingerprint density at radius 1 is 0.363 bits per heavy atom. The van der Waals surface area contributed by atoms with Crippen molar-refractivity contribution in [3.05, 3.63) is 109 Å². The van der Waals surface area contributed by atoms with Crippen molar-refractivity contribution in [1.82, 2.24) is 5.32 Å². The maximum absolute atomic E-state index is 13.4. The number of unbranched alkanes of at least 4 members (excludes halogenated alkanes) is 41.